The number of carboxylic acid groups (broad SMARTS) is 1. The van der Waals surface area contributed by atoms with Gasteiger partial charge in [-0.3, -0.25) is 0 Å². The van der Waals surface area contributed by atoms with Gasteiger partial charge in [-0.2, -0.15) is 0 Å². The maximum atomic E-state index is 11.7. The lowest BCUT2D eigenvalue weighted by Crippen LogP contribution is -2.33. The molecule has 4 nitrogen and oxygen atoms in total. The largest absolute Gasteiger partial charge is 0.593 e. The first-order chi connectivity index (χ1) is 6.82. The van der Waals surface area contributed by atoms with Crippen LogP contribution in [0, 0.1) is 0 Å². The molecule has 0 saturated heterocycles. The lowest BCUT2D eigenvalue weighted by atomic mass is 10.3. The van der Waals surface area contributed by atoms with Crippen molar-refractivity contribution < 1.29 is 14.5 Å². The molecule has 0 aliphatic heterocycles. The third-order valence-corrected chi connectivity index (χ3v) is 4.04. The molecule has 1 aromatic heterocycles. The minimum absolute atomic E-state index is 0.188. The van der Waals surface area contributed by atoms with Crippen molar-refractivity contribution in [2.75, 3.05) is 4.72 Å². The number of hydrogen-bond donors (Lipinski definition) is 2. The molecular weight excluding hydrogens is 234 g/mol. The molecule has 6 heteroatoms. The Hall–Kier alpha value is -0.720. The van der Waals surface area contributed by atoms with E-state index in [0.717, 1.165) is 11.3 Å². The Morgan fingerprint density at radius 2 is 2.20 bits per heavy atom. The fourth-order valence-electron chi connectivity index (χ4n) is 0.808. The molecule has 1 aromatic rings. The molecule has 2 N–H and O–H groups in total. The van der Waals surface area contributed by atoms with Gasteiger partial charge in [0.15, 0.2) is 0 Å². The Labute approximate surface area is 95.6 Å². The van der Waals surface area contributed by atoms with Crippen molar-refractivity contribution >= 4 is 34.4 Å². The molecule has 1 rings (SSSR count). The number of carboxylic acids is 1. The molecule has 1 atom stereocenters. The number of thiophene rings is 1. The molecule has 0 radical (unpaired) electrons. The van der Waals surface area contributed by atoms with E-state index in [9.17, 15) is 9.35 Å². The van der Waals surface area contributed by atoms with Crippen LogP contribution in [0.25, 0.3) is 0 Å². The molecular formula is C9H13NO3S2. The summed E-state index contributed by atoms with van der Waals surface area (Å²) < 4.78 is 14.0. The smallest absolute Gasteiger partial charge is 0.348 e. The predicted molar refractivity (Wildman–Crippen MR) is 62.8 cm³/mol. The number of aromatic carboxylic acids is 1. The lowest BCUT2D eigenvalue weighted by Gasteiger charge is -2.23. The van der Waals surface area contributed by atoms with E-state index in [0.29, 0.717) is 5.69 Å². The van der Waals surface area contributed by atoms with E-state index < -0.39 is 22.1 Å². The number of rotatable bonds is 3. The van der Waals surface area contributed by atoms with E-state index in [1.54, 1.807) is 11.4 Å². The SMILES string of the molecule is CC(C)(C)[S@@+]([O-])Nc1ccsc1C(=O)O. The molecule has 84 valence electrons. The van der Waals surface area contributed by atoms with E-state index in [4.69, 9.17) is 5.11 Å². The number of nitrogens with one attached hydrogen (secondary N) is 1. The molecule has 0 bridgehead atoms. The van der Waals surface area contributed by atoms with Gasteiger partial charge in [0, 0.05) is 0 Å². The average molecular weight is 247 g/mol. The molecule has 0 fully saturated rings. The van der Waals surface area contributed by atoms with Crippen LogP contribution in [-0.2, 0) is 11.4 Å². The fourth-order valence-corrected chi connectivity index (χ4v) is 2.24. The van der Waals surface area contributed by atoms with Crippen LogP contribution in [0.3, 0.4) is 0 Å². The third-order valence-electron chi connectivity index (χ3n) is 1.62. The summed E-state index contributed by atoms with van der Waals surface area (Å²) in [6, 6.07) is 1.62. The molecule has 15 heavy (non-hydrogen) atoms. The quantitative estimate of drug-likeness (QED) is 0.804. The zero-order valence-electron chi connectivity index (χ0n) is 8.73. The highest BCUT2D eigenvalue weighted by Gasteiger charge is 2.28. The first-order valence-corrected chi connectivity index (χ1v) is 6.34. The van der Waals surface area contributed by atoms with Crippen molar-refractivity contribution in [3.63, 3.8) is 0 Å². The normalized spacial score (nSPS) is 13.6. The lowest BCUT2D eigenvalue weighted by molar-refractivity contribution is 0.0703. The summed E-state index contributed by atoms with van der Waals surface area (Å²) in [4.78, 5) is 11.0. The van der Waals surface area contributed by atoms with Gasteiger partial charge in [0.05, 0.1) is 11.4 Å². The standard InChI is InChI=1S/C9H13NO3S2/c1-9(2,3)15(13)10-6-4-5-14-7(6)8(11)12/h4-5,10H,1-3H3,(H,11,12)/t15-/m1/s1. The maximum Gasteiger partial charge on any atom is 0.348 e. The molecule has 0 aromatic carbocycles. The number of carbonyl (C=O) groups is 1. The predicted octanol–water partition coefficient (Wildman–Crippen LogP) is 2.32. The Balaban J connectivity index is 2.81. The van der Waals surface area contributed by atoms with Crippen LogP contribution >= 0.6 is 11.3 Å². The summed E-state index contributed by atoms with van der Waals surface area (Å²) in [7, 11) is 0. The van der Waals surface area contributed by atoms with Crippen molar-refractivity contribution in [3.8, 4) is 0 Å². The minimum atomic E-state index is -1.30. The summed E-state index contributed by atoms with van der Waals surface area (Å²) in [6.45, 7) is 5.47. The van der Waals surface area contributed by atoms with Crippen molar-refractivity contribution in [1.29, 1.82) is 0 Å². The van der Waals surface area contributed by atoms with Gasteiger partial charge >= 0.3 is 5.97 Å². The zero-order valence-corrected chi connectivity index (χ0v) is 10.4. The van der Waals surface area contributed by atoms with Crippen LogP contribution in [0.2, 0.25) is 0 Å². The molecule has 0 amide bonds. The highest BCUT2D eigenvalue weighted by atomic mass is 32.2. The third kappa shape index (κ3) is 3.12. The van der Waals surface area contributed by atoms with Crippen LogP contribution < -0.4 is 4.72 Å². The van der Waals surface area contributed by atoms with E-state index >= 15 is 0 Å². The fraction of sp³-hybridized carbons (Fsp3) is 0.444. The van der Waals surface area contributed by atoms with E-state index in [1.807, 2.05) is 20.8 Å². The Morgan fingerprint density at radius 1 is 1.60 bits per heavy atom. The monoisotopic (exact) mass is 247 g/mol. The minimum Gasteiger partial charge on any atom is -0.593 e. The van der Waals surface area contributed by atoms with Crippen molar-refractivity contribution in [3.05, 3.63) is 16.3 Å². The van der Waals surface area contributed by atoms with Gasteiger partial charge in [0.1, 0.15) is 15.3 Å². The highest BCUT2D eigenvalue weighted by Crippen LogP contribution is 2.26. The van der Waals surface area contributed by atoms with E-state index in [2.05, 4.69) is 4.72 Å². The Bertz CT molecular complexity index is 356. The summed E-state index contributed by atoms with van der Waals surface area (Å²) >= 11 is -0.186. The Morgan fingerprint density at radius 3 is 2.67 bits per heavy atom. The van der Waals surface area contributed by atoms with Crippen LogP contribution in [0.5, 0.6) is 0 Å². The second-order valence-electron chi connectivity index (χ2n) is 3.95. The molecule has 0 unspecified atom stereocenters. The first kappa shape index (κ1) is 12.4. The van der Waals surface area contributed by atoms with Gasteiger partial charge in [0.25, 0.3) is 0 Å². The highest BCUT2D eigenvalue weighted by molar-refractivity contribution is 7.94. The Kier molecular flexibility index (Phi) is 3.64. The van der Waals surface area contributed by atoms with Gasteiger partial charge in [0.2, 0.25) is 0 Å². The van der Waals surface area contributed by atoms with E-state index in [-0.39, 0.29) is 4.88 Å². The molecule has 1 heterocycles. The van der Waals surface area contributed by atoms with Crippen LogP contribution in [0.15, 0.2) is 11.4 Å². The van der Waals surface area contributed by atoms with Crippen LogP contribution in [0.4, 0.5) is 5.69 Å². The zero-order chi connectivity index (χ0) is 11.6. The molecule has 0 aliphatic rings. The second-order valence-corrected chi connectivity index (χ2v) is 6.83. The van der Waals surface area contributed by atoms with Gasteiger partial charge in [-0.05, 0) is 32.2 Å². The van der Waals surface area contributed by atoms with Gasteiger partial charge in [-0.15, -0.1) is 11.3 Å². The van der Waals surface area contributed by atoms with Crippen molar-refractivity contribution in [2.45, 2.75) is 25.5 Å². The maximum absolute atomic E-state index is 11.7. The van der Waals surface area contributed by atoms with Gasteiger partial charge < -0.3 is 9.66 Å². The summed E-state index contributed by atoms with van der Waals surface area (Å²) in [6.07, 6.45) is 0. The first-order valence-electron chi connectivity index (χ1n) is 4.31. The van der Waals surface area contributed by atoms with Crippen molar-refractivity contribution in [1.82, 2.24) is 0 Å². The molecule has 0 saturated carbocycles. The van der Waals surface area contributed by atoms with Gasteiger partial charge in [-0.25, -0.2) is 9.52 Å². The van der Waals surface area contributed by atoms with Crippen LogP contribution in [0.1, 0.15) is 30.4 Å². The van der Waals surface area contributed by atoms with Crippen molar-refractivity contribution in [2.24, 2.45) is 0 Å². The average Bonchev–Trinajstić information content (AvgIpc) is 2.50. The van der Waals surface area contributed by atoms with E-state index in [1.165, 1.54) is 0 Å². The summed E-state index contributed by atoms with van der Waals surface area (Å²) in [5, 5.41) is 10.5. The summed E-state index contributed by atoms with van der Waals surface area (Å²) in [5.41, 5.74) is 0.417. The molecule has 0 spiro atoms. The number of hydrogen-bond acceptors (Lipinski definition) is 4. The summed E-state index contributed by atoms with van der Waals surface area (Å²) in [5.74, 6) is -1.00. The van der Waals surface area contributed by atoms with Gasteiger partial charge in [-0.1, -0.05) is 0 Å². The van der Waals surface area contributed by atoms with Crippen LogP contribution in [-0.4, -0.2) is 20.4 Å². The second kappa shape index (κ2) is 4.42. The topological polar surface area (TPSA) is 72.4 Å². The number of anilines is 1. The molecule has 0 aliphatic carbocycles.